The number of ether oxygens (including phenoxy) is 1. The Morgan fingerprint density at radius 3 is 2.81 bits per heavy atom. The van der Waals surface area contributed by atoms with Crippen LogP contribution < -0.4 is 5.32 Å². The van der Waals surface area contributed by atoms with Gasteiger partial charge in [0.2, 0.25) is 11.0 Å². The number of aromatic nitrogens is 2. The first-order valence-corrected chi connectivity index (χ1v) is 8.92. The Morgan fingerprint density at radius 1 is 1.33 bits per heavy atom. The van der Waals surface area contributed by atoms with Crippen LogP contribution in [0, 0.1) is 5.92 Å². The molecule has 1 heterocycles. The van der Waals surface area contributed by atoms with Crippen molar-refractivity contribution >= 4 is 40.1 Å². The van der Waals surface area contributed by atoms with Crippen LogP contribution in [-0.4, -0.2) is 34.4 Å². The maximum atomic E-state index is 12.1. The molecule has 0 unspecified atom stereocenters. The van der Waals surface area contributed by atoms with E-state index in [-0.39, 0.29) is 23.5 Å². The molecule has 0 aromatic carbocycles. The second-order valence-electron chi connectivity index (χ2n) is 4.79. The Labute approximate surface area is 132 Å². The van der Waals surface area contributed by atoms with E-state index < -0.39 is 0 Å². The molecule has 0 saturated heterocycles. The zero-order chi connectivity index (χ0) is 15.1. The first kappa shape index (κ1) is 16.2. The average Bonchev–Trinajstić information content (AvgIpc) is 2.94. The van der Waals surface area contributed by atoms with Crippen LogP contribution in [0.15, 0.2) is 4.34 Å². The second kappa shape index (κ2) is 8.33. The fourth-order valence-electron chi connectivity index (χ4n) is 2.21. The van der Waals surface area contributed by atoms with Gasteiger partial charge in [-0.3, -0.25) is 9.59 Å². The largest absolute Gasteiger partial charge is 0.465 e. The number of carbonyl (C=O) groups is 2. The molecule has 0 atom stereocenters. The molecule has 1 aromatic rings. The van der Waals surface area contributed by atoms with Gasteiger partial charge in [0.15, 0.2) is 4.34 Å². The van der Waals surface area contributed by atoms with Crippen LogP contribution in [0.25, 0.3) is 0 Å². The summed E-state index contributed by atoms with van der Waals surface area (Å²) in [6.45, 7) is 2.14. The Morgan fingerprint density at radius 2 is 2.10 bits per heavy atom. The minimum atomic E-state index is -0.273. The summed E-state index contributed by atoms with van der Waals surface area (Å²) in [4.78, 5) is 23.3. The highest BCUT2D eigenvalue weighted by Crippen LogP contribution is 2.28. The molecule has 0 aliphatic heterocycles. The molecule has 6 nitrogen and oxygen atoms in total. The predicted octanol–water partition coefficient (Wildman–Crippen LogP) is 2.71. The monoisotopic (exact) mass is 329 g/mol. The van der Waals surface area contributed by atoms with E-state index in [1.807, 2.05) is 0 Å². The lowest BCUT2D eigenvalue weighted by atomic mass is 9.89. The van der Waals surface area contributed by atoms with Crippen LogP contribution in [0.5, 0.6) is 0 Å². The van der Waals surface area contributed by atoms with Gasteiger partial charge in [0.25, 0.3) is 0 Å². The molecule has 1 aromatic heterocycles. The fourth-order valence-corrected chi connectivity index (χ4v) is 3.77. The van der Waals surface area contributed by atoms with Crippen LogP contribution in [-0.2, 0) is 14.3 Å². The first-order valence-electron chi connectivity index (χ1n) is 7.12. The minimum absolute atomic E-state index is 0.0350. The molecule has 21 heavy (non-hydrogen) atoms. The number of nitrogens with one attached hydrogen (secondary N) is 1. The van der Waals surface area contributed by atoms with E-state index in [4.69, 9.17) is 4.74 Å². The van der Waals surface area contributed by atoms with Gasteiger partial charge in [-0.25, -0.2) is 0 Å². The van der Waals surface area contributed by atoms with Crippen molar-refractivity contribution in [2.75, 3.05) is 17.7 Å². The minimum Gasteiger partial charge on any atom is -0.465 e. The predicted molar refractivity (Wildman–Crippen MR) is 82.5 cm³/mol. The van der Waals surface area contributed by atoms with Crippen LogP contribution in [0.2, 0.25) is 0 Å². The van der Waals surface area contributed by atoms with E-state index in [1.165, 1.54) is 29.5 Å². The van der Waals surface area contributed by atoms with Crippen LogP contribution in [0.1, 0.15) is 39.0 Å². The first-order chi connectivity index (χ1) is 10.2. The molecule has 0 bridgehead atoms. The van der Waals surface area contributed by atoms with Gasteiger partial charge in [0, 0.05) is 5.92 Å². The lowest BCUT2D eigenvalue weighted by Gasteiger charge is -2.19. The summed E-state index contributed by atoms with van der Waals surface area (Å²) in [5.74, 6) is 0.0653. The van der Waals surface area contributed by atoms with Crippen LogP contribution >= 0.6 is 23.1 Å². The SMILES string of the molecule is CCOC(=O)CSc1nnc(NC(=O)C2CCCCC2)s1. The number of amides is 1. The van der Waals surface area contributed by atoms with E-state index in [0.29, 0.717) is 16.1 Å². The molecule has 8 heteroatoms. The van der Waals surface area contributed by atoms with Gasteiger partial charge in [0.1, 0.15) is 0 Å². The van der Waals surface area contributed by atoms with Crippen LogP contribution in [0.4, 0.5) is 5.13 Å². The summed E-state index contributed by atoms with van der Waals surface area (Å²) in [6.07, 6.45) is 5.37. The smallest absolute Gasteiger partial charge is 0.316 e. The highest BCUT2D eigenvalue weighted by Gasteiger charge is 2.22. The molecular formula is C13H19N3O3S2. The quantitative estimate of drug-likeness (QED) is 0.491. The van der Waals surface area contributed by atoms with Crippen molar-refractivity contribution in [2.45, 2.75) is 43.4 Å². The number of carbonyl (C=O) groups excluding carboxylic acids is 2. The number of esters is 1. The van der Waals surface area contributed by atoms with Gasteiger partial charge < -0.3 is 10.1 Å². The Balaban J connectivity index is 1.79. The summed E-state index contributed by atoms with van der Waals surface area (Å²) in [5.41, 5.74) is 0. The van der Waals surface area contributed by atoms with Crippen molar-refractivity contribution in [1.29, 1.82) is 0 Å². The van der Waals surface area contributed by atoms with Gasteiger partial charge >= 0.3 is 5.97 Å². The van der Waals surface area contributed by atoms with Crippen molar-refractivity contribution < 1.29 is 14.3 Å². The zero-order valence-corrected chi connectivity index (χ0v) is 13.6. The molecule has 116 valence electrons. The molecular weight excluding hydrogens is 310 g/mol. The Hall–Kier alpha value is -1.15. The lowest BCUT2D eigenvalue weighted by Crippen LogP contribution is -2.24. The molecule has 1 aliphatic carbocycles. The normalized spacial score (nSPS) is 15.7. The highest BCUT2D eigenvalue weighted by atomic mass is 32.2. The van der Waals surface area contributed by atoms with Crippen molar-refractivity contribution in [1.82, 2.24) is 10.2 Å². The number of anilines is 1. The summed E-state index contributed by atoms with van der Waals surface area (Å²) in [5, 5.41) is 11.2. The van der Waals surface area contributed by atoms with E-state index in [0.717, 1.165) is 25.7 Å². The molecule has 0 spiro atoms. The van der Waals surface area contributed by atoms with Crippen LogP contribution in [0.3, 0.4) is 0 Å². The molecule has 1 aliphatic rings. The van der Waals surface area contributed by atoms with Crippen molar-refractivity contribution in [3.63, 3.8) is 0 Å². The molecule has 2 rings (SSSR count). The maximum Gasteiger partial charge on any atom is 0.316 e. The summed E-state index contributed by atoms with van der Waals surface area (Å²) in [6, 6.07) is 0. The standard InChI is InChI=1S/C13H19N3O3S2/c1-2-19-10(17)8-20-13-16-15-12(21-13)14-11(18)9-6-4-3-5-7-9/h9H,2-8H2,1H3,(H,14,15,18). The number of nitrogens with zero attached hydrogens (tertiary/aromatic N) is 2. The van der Waals surface area contributed by atoms with E-state index >= 15 is 0 Å². The van der Waals surface area contributed by atoms with Crippen molar-refractivity contribution in [3.05, 3.63) is 0 Å². The Bertz CT molecular complexity index is 487. The lowest BCUT2D eigenvalue weighted by molar-refractivity contribution is -0.139. The second-order valence-corrected chi connectivity index (χ2v) is 6.99. The van der Waals surface area contributed by atoms with E-state index in [1.54, 1.807) is 6.92 Å². The summed E-state index contributed by atoms with van der Waals surface area (Å²) in [7, 11) is 0. The average molecular weight is 329 g/mol. The fraction of sp³-hybridized carbons (Fsp3) is 0.692. The van der Waals surface area contributed by atoms with Crippen molar-refractivity contribution in [3.8, 4) is 0 Å². The third-order valence-electron chi connectivity index (χ3n) is 3.23. The maximum absolute atomic E-state index is 12.1. The molecule has 1 N–H and O–H groups in total. The molecule has 1 amide bonds. The topological polar surface area (TPSA) is 81.2 Å². The number of thioether (sulfide) groups is 1. The Kier molecular flexibility index (Phi) is 6.44. The third kappa shape index (κ3) is 5.28. The summed E-state index contributed by atoms with van der Waals surface area (Å²) < 4.78 is 5.50. The van der Waals surface area contributed by atoms with Gasteiger partial charge in [-0.15, -0.1) is 10.2 Å². The van der Waals surface area contributed by atoms with Gasteiger partial charge in [0.05, 0.1) is 12.4 Å². The summed E-state index contributed by atoms with van der Waals surface area (Å²) >= 11 is 2.56. The number of rotatable bonds is 6. The van der Waals surface area contributed by atoms with Crippen molar-refractivity contribution in [2.24, 2.45) is 5.92 Å². The van der Waals surface area contributed by atoms with Gasteiger partial charge in [-0.05, 0) is 19.8 Å². The van der Waals surface area contributed by atoms with E-state index in [9.17, 15) is 9.59 Å². The van der Waals surface area contributed by atoms with Gasteiger partial charge in [-0.2, -0.15) is 0 Å². The van der Waals surface area contributed by atoms with Gasteiger partial charge in [-0.1, -0.05) is 42.4 Å². The van der Waals surface area contributed by atoms with E-state index in [2.05, 4.69) is 15.5 Å². The zero-order valence-electron chi connectivity index (χ0n) is 12.0. The number of hydrogen-bond donors (Lipinski definition) is 1. The molecule has 0 radical (unpaired) electrons. The number of hydrogen-bond acceptors (Lipinski definition) is 7. The molecule has 1 saturated carbocycles. The highest BCUT2D eigenvalue weighted by molar-refractivity contribution is 8.01. The third-order valence-corrected chi connectivity index (χ3v) is 5.18. The molecule has 1 fully saturated rings.